The molecule has 0 aliphatic carbocycles. The number of Topliss-reactive ketones (excluding diaryl/α,β-unsaturated/α-hetero) is 1. The van der Waals surface area contributed by atoms with Gasteiger partial charge in [0.25, 0.3) is 0 Å². The van der Waals surface area contributed by atoms with Crippen LogP contribution in [0.1, 0.15) is 59.3 Å². The van der Waals surface area contributed by atoms with E-state index in [1.54, 1.807) is 24.3 Å². The molecular formula is C24H30O5. The van der Waals surface area contributed by atoms with Crippen LogP contribution >= 0.6 is 0 Å². The summed E-state index contributed by atoms with van der Waals surface area (Å²) in [6.07, 6.45) is 0. The van der Waals surface area contributed by atoms with E-state index in [-0.39, 0.29) is 24.4 Å². The number of hydrogen-bond donors (Lipinski definition) is 0. The highest BCUT2D eigenvalue weighted by Gasteiger charge is 2.34. The molecule has 5 nitrogen and oxygen atoms in total. The number of benzene rings is 2. The molecule has 1 unspecified atom stereocenters. The van der Waals surface area contributed by atoms with E-state index in [0.717, 1.165) is 16.7 Å². The van der Waals surface area contributed by atoms with Gasteiger partial charge in [-0.1, -0.05) is 63.2 Å². The molecule has 0 saturated carbocycles. The van der Waals surface area contributed by atoms with Gasteiger partial charge >= 0.3 is 5.97 Å². The van der Waals surface area contributed by atoms with Crippen molar-refractivity contribution in [2.45, 2.75) is 46.0 Å². The first-order chi connectivity index (χ1) is 13.7. The molecule has 5 heteroatoms. The van der Waals surface area contributed by atoms with Gasteiger partial charge in [-0.2, -0.15) is 4.89 Å². The number of rotatable bonds is 8. The topological polar surface area (TPSA) is 61.8 Å². The molecule has 0 aliphatic heterocycles. The smallest absolute Gasteiger partial charge is 0.357 e. The lowest BCUT2D eigenvalue weighted by molar-refractivity contribution is -0.276. The molecule has 0 amide bonds. The van der Waals surface area contributed by atoms with Gasteiger partial charge in [-0.15, -0.1) is 0 Å². The van der Waals surface area contributed by atoms with Gasteiger partial charge in [0.1, 0.15) is 12.5 Å². The van der Waals surface area contributed by atoms with Crippen LogP contribution < -0.4 is 0 Å². The van der Waals surface area contributed by atoms with E-state index in [1.807, 2.05) is 32.0 Å². The molecule has 0 N–H and O–H groups in total. The highest BCUT2D eigenvalue weighted by atomic mass is 17.2. The van der Waals surface area contributed by atoms with Crippen LogP contribution in [-0.2, 0) is 24.7 Å². The second-order valence-electron chi connectivity index (χ2n) is 8.16. The number of carbonyl (C=O) groups is 2. The Balaban J connectivity index is 2.41. The monoisotopic (exact) mass is 398 g/mol. The molecule has 0 saturated heterocycles. The summed E-state index contributed by atoms with van der Waals surface area (Å²) in [6.45, 7) is 10.6. The highest BCUT2D eigenvalue weighted by molar-refractivity contribution is 6.14. The van der Waals surface area contributed by atoms with Crippen molar-refractivity contribution < 1.29 is 24.1 Å². The Morgan fingerprint density at radius 2 is 1.55 bits per heavy atom. The zero-order valence-corrected chi connectivity index (χ0v) is 18.1. The van der Waals surface area contributed by atoms with Gasteiger partial charge in [-0.25, -0.2) is 4.79 Å². The predicted octanol–water partition coefficient (Wildman–Crippen LogP) is 4.69. The molecule has 0 aromatic heterocycles. The fourth-order valence-electron chi connectivity index (χ4n) is 3.23. The molecule has 0 spiro atoms. The Bertz CT molecular complexity index is 826. The third-order valence-corrected chi connectivity index (χ3v) is 4.79. The van der Waals surface area contributed by atoms with Crippen LogP contribution in [0.25, 0.3) is 0 Å². The van der Waals surface area contributed by atoms with Crippen molar-refractivity contribution in [3.8, 4) is 0 Å². The van der Waals surface area contributed by atoms with Crippen LogP contribution in [0, 0.1) is 13.8 Å². The van der Waals surface area contributed by atoms with Crippen LogP contribution in [0.15, 0.2) is 42.5 Å². The lowest BCUT2D eigenvalue weighted by Crippen LogP contribution is -2.26. The Morgan fingerprint density at radius 1 is 0.966 bits per heavy atom. The van der Waals surface area contributed by atoms with Gasteiger partial charge in [0.15, 0.2) is 5.78 Å². The fourth-order valence-corrected chi connectivity index (χ4v) is 3.23. The summed E-state index contributed by atoms with van der Waals surface area (Å²) < 4.78 is 4.87. The van der Waals surface area contributed by atoms with Crippen molar-refractivity contribution in [3.05, 3.63) is 70.3 Å². The molecule has 0 radical (unpaired) electrons. The third-order valence-electron chi connectivity index (χ3n) is 4.79. The summed E-state index contributed by atoms with van der Waals surface area (Å²) in [5.41, 5.74) is 3.90. The van der Waals surface area contributed by atoms with E-state index in [4.69, 9.17) is 14.5 Å². The fraction of sp³-hybridized carbons (Fsp3) is 0.417. The Hall–Kier alpha value is -2.50. The summed E-state index contributed by atoms with van der Waals surface area (Å²) in [5, 5.41) is 0. The van der Waals surface area contributed by atoms with Crippen molar-refractivity contribution in [2.24, 2.45) is 0 Å². The number of carbonyl (C=O) groups excluding carboxylic acids is 2. The minimum atomic E-state index is -1.10. The van der Waals surface area contributed by atoms with Crippen molar-refractivity contribution in [1.82, 2.24) is 0 Å². The van der Waals surface area contributed by atoms with Gasteiger partial charge in [0.2, 0.25) is 0 Å². The number of ether oxygens (including phenoxy) is 1. The second-order valence-corrected chi connectivity index (χ2v) is 8.16. The van der Waals surface area contributed by atoms with Crippen molar-refractivity contribution in [3.63, 3.8) is 0 Å². The van der Waals surface area contributed by atoms with Crippen LogP contribution in [0.5, 0.6) is 0 Å². The number of aryl methyl sites for hydroxylation is 2. The summed E-state index contributed by atoms with van der Waals surface area (Å²) in [6, 6.07) is 12.9. The minimum absolute atomic E-state index is 0.0377. The largest absolute Gasteiger partial charge is 0.382 e. The predicted molar refractivity (Wildman–Crippen MR) is 112 cm³/mol. The van der Waals surface area contributed by atoms with E-state index in [2.05, 4.69) is 20.8 Å². The van der Waals surface area contributed by atoms with Crippen LogP contribution in [0.3, 0.4) is 0 Å². The number of hydrogen-bond acceptors (Lipinski definition) is 5. The lowest BCUT2D eigenvalue weighted by atomic mass is 9.81. The Kier molecular flexibility index (Phi) is 7.71. The second kappa shape index (κ2) is 9.81. The average Bonchev–Trinajstić information content (AvgIpc) is 2.65. The first-order valence-electron chi connectivity index (χ1n) is 9.70. The van der Waals surface area contributed by atoms with Gasteiger partial charge < -0.3 is 4.74 Å². The van der Waals surface area contributed by atoms with Crippen LogP contribution in [0.2, 0.25) is 0 Å². The molecule has 0 fully saturated rings. The highest BCUT2D eigenvalue weighted by Crippen LogP contribution is 2.31. The molecule has 0 bridgehead atoms. The van der Waals surface area contributed by atoms with Crippen LogP contribution in [-0.4, -0.2) is 32.1 Å². The standard InChI is InChI=1S/C24H30O5/c1-16-14-19(24(3,4)5)15-17(2)20(16)22(25)21(18-10-8-7-9-11-18)23(26)29-28-13-12-27-6/h7-11,14-15,21H,12-13H2,1-6H3. The average molecular weight is 398 g/mol. The summed E-state index contributed by atoms with van der Waals surface area (Å²) >= 11 is 0. The minimum Gasteiger partial charge on any atom is -0.382 e. The van der Waals surface area contributed by atoms with Gasteiger partial charge in [-0.05, 0) is 41.5 Å². The Labute approximate surface area is 172 Å². The van der Waals surface area contributed by atoms with E-state index in [1.165, 1.54) is 7.11 Å². The molecule has 2 aromatic carbocycles. The molecule has 2 rings (SSSR count). The summed E-state index contributed by atoms with van der Waals surface area (Å²) in [4.78, 5) is 36.1. The molecule has 0 aliphatic rings. The first kappa shape index (κ1) is 22.8. The maximum atomic E-state index is 13.5. The number of methoxy groups -OCH3 is 1. The van der Waals surface area contributed by atoms with E-state index in [0.29, 0.717) is 11.1 Å². The van der Waals surface area contributed by atoms with E-state index in [9.17, 15) is 9.59 Å². The molecule has 2 aromatic rings. The van der Waals surface area contributed by atoms with Crippen molar-refractivity contribution in [2.75, 3.05) is 20.3 Å². The van der Waals surface area contributed by atoms with Crippen LogP contribution in [0.4, 0.5) is 0 Å². The van der Waals surface area contributed by atoms with Crippen molar-refractivity contribution in [1.29, 1.82) is 0 Å². The third kappa shape index (κ3) is 5.75. The molecule has 156 valence electrons. The zero-order chi connectivity index (χ0) is 21.6. The lowest BCUT2D eigenvalue weighted by Gasteiger charge is -2.23. The molecular weight excluding hydrogens is 368 g/mol. The zero-order valence-electron chi connectivity index (χ0n) is 18.1. The maximum absolute atomic E-state index is 13.5. The maximum Gasteiger partial charge on any atom is 0.357 e. The first-order valence-corrected chi connectivity index (χ1v) is 9.70. The van der Waals surface area contributed by atoms with E-state index >= 15 is 0 Å². The SMILES string of the molecule is COCCOOC(=O)C(C(=O)c1c(C)cc(C(C)(C)C)cc1C)c1ccccc1. The normalized spacial score (nSPS) is 12.5. The van der Waals surface area contributed by atoms with E-state index < -0.39 is 11.9 Å². The quantitative estimate of drug-likeness (QED) is 0.212. The molecule has 29 heavy (non-hydrogen) atoms. The summed E-state index contributed by atoms with van der Waals surface area (Å²) in [5.74, 6) is -2.14. The Morgan fingerprint density at radius 3 is 2.07 bits per heavy atom. The van der Waals surface area contributed by atoms with Gasteiger partial charge in [0, 0.05) is 12.7 Å². The van der Waals surface area contributed by atoms with Crippen molar-refractivity contribution >= 4 is 11.8 Å². The summed E-state index contributed by atoms with van der Waals surface area (Å²) in [7, 11) is 1.52. The molecule has 0 heterocycles. The van der Waals surface area contributed by atoms with Gasteiger partial charge in [-0.3, -0.25) is 9.68 Å². The number of ketones is 1. The molecule has 1 atom stereocenters. The van der Waals surface area contributed by atoms with Gasteiger partial charge in [0.05, 0.1) is 6.61 Å².